The maximum atomic E-state index is 12.6. The Hall–Kier alpha value is -1.81. The Bertz CT molecular complexity index is 1040. The second-order valence-corrected chi connectivity index (χ2v) is 16.6. The summed E-state index contributed by atoms with van der Waals surface area (Å²) in [6.07, 6.45) is 46.2. The van der Waals surface area contributed by atoms with Gasteiger partial charge in [0.05, 0.1) is 19.8 Å². The van der Waals surface area contributed by atoms with E-state index in [9.17, 15) is 19.0 Å². The number of ether oxygens (including phenoxy) is 2. The van der Waals surface area contributed by atoms with Crippen LogP contribution in [-0.2, 0) is 32.7 Å². The molecule has 0 saturated heterocycles. The molecule has 0 amide bonds. The van der Waals surface area contributed by atoms with Crippen molar-refractivity contribution in [1.29, 1.82) is 0 Å². The Balaban J connectivity index is 4.23. The van der Waals surface area contributed by atoms with Gasteiger partial charge in [0, 0.05) is 13.0 Å². The van der Waals surface area contributed by atoms with Gasteiger partial charge in [-0.25, -0.2) is 4.57 Å². The molecule has 0 saturated carbocycles. The number of rotatable bonds is 43. The maximum absolute atomic E-state index is 12.6. The lowest BCUT2D eigenvalue weighted by molar-refractivity contribution is -0.154. The number of carboxylic acids is 1. The van der Waals surface area contributed by atoms with Gasteiger partial charge in [0.15, 0.2) is 0 Å². The van der Waals surface area contributed by atoms with E-state index in [1.165, 1.54) is 109 Å². The van der Waals surface area contributed by atoms with Crippen LogP contribution in [0.2, 0.25) is 0 Å². The van der Waals surface area contributed by atoms with Crippen LogP contribution < -0.4 is 5.73 Å². The summed E-state index contributed by atoms with van der Waals surface area (Å²) in [5.41, 5.74) is 5.36. The summed E-state index contributed by atoms with van der Waals surface area (Å²) in [4.78, 5) is 33.5. The summed E-state index contributed by atoms with van der Waals surface area (Å²) in [7, 11) is -4.62. The van der Waals surface area contributed by atoms with Crippen molar-refractivity contribution in [2.45, 2.75) is 212 Å². The molecular formula is C45H84NO9P. The van der Waals surface area contributed by atoms with E-state index in [-0.39, 0.29) is 13.0 Å². The van der Waals surface area contributed by atoms with Crippen LogP contribution in [-0.4, -0.2) is 60.5 Å². The number of carbonyl (C=O) groups is 2. The molecule has 4 N–H and O–H groups in total. The van der Waals surface area contributed by atoms with Crippen molar-refractivity contribution in [2.75, 3.05) is 26.4 Å². The topological polar surface area (TPSA) is 155 Å². The second kappa shape index (κ2) is 41.4. The van der Waals surface area contributed by atoms with Gasteiger partial charge in [0.1, 0.15) is 12.1 Å². The van der Waals surface area contributed by atoms with Crippen LogP contribution in [0.4, 0.5) is 0 Å². The van der Waals surface area contributed by atoms with Crippen molar-refractivity contribution in [1.82, 2.24) is 0 Å². The first kappa shape index (κ1) is 54.2. The molecule has 10 nitrogen and oxygen atoms in total. The second-order valence-electron chi connectivity index (χ2n) is 15.2. The molecule has 0 aliphatic heterocycles. The minimum atomic E-state index is -4.62. The molecule has 3 unspecified atom stereocenters. The first-order valence-electron chi connectivity index (χ1n) is 22.5. The fourth-order valence-corrected chi connectivity index (χ4v) is 6.88. The molecule has 0 bridgehead atoms. The van der Waals surface area contributed by atoms with Crippen LogP contribution in [0.3, 0.4) is 0 Å². The third-order valence-electron chi connectivity index (χ3n) is 9.64. The molecular weight excluding hydrogens is 729 g/mol. The number of esters is 1. The molecule has 0 aliphatic carbocycles. The number of phosphoric ester groups is 1. The van der Waals surface area contributed by atoms with Crippen LogP contribution in [0.25, 0.3) is 0 Å². The lowest BCUT2D eigenvalue weighted by atomic mass is 10.1. The zero-order valence-corrected chi connectivity index (χ0v) is 36.6. The normalized spacial score (nSPS) is 14.2. The Morgan fingerprint density at radius 3 is 1.48 bits per heavy atom. The number of hydrogen-bond donors (Lipinski definition) is 3. The van der Waals surface area contributed by atoms with Gasteiger partial charge < -0.3 is 25.2 Å². The highest BCUT2D eigenvalue weighted by atomic mass is 31.2. The van der Waals surface area contributed by atoms with Crippen molar-refractivity contribution >= 4 is 19.8 Å². The number of nitrogens with two attached hydrogens (primary N) is 1. The molecule has 11 heteroatoms. The van der Waals surface area contributed by atoms with Gasteiger partial charge in [-0.3, -0.25) is 18.6 Å². The van der Waals surface area contributed by atoms with E-state index in [0.29, 0.717) is 13.0 Å². The van der Waals surface area contributed by atoms with Gasteiger partial charge >= 0.3 is 19.8 Å². The average Bonchev–Trinajstić information content (AvgIpc) is 3.18. The van der Waals surface area contributed by atoms with Crippen molar-refractivity contribution in [3.8, 4) is 0 Å². The first-order chi connectivity index (χ1) is 27.2. The predicted octanol–water partition coefficient (Wildman–Crippen LogP) is 12.5. The zero-order chi connectivity index (χ0) is 41.2. The summed E-state index contributed by atoms with van der Waals surface area (Å²) >= 11 is 0. The zero-order valence-electron chi connectivity index (χ0n) is 35.7. The van der Waals surface area contributed by atoms with Crippen LogP contribution >= 0.6 is 7.82 Å². The molecule has 0 aromatic rings. The Kier molecular flexibility index (Phi) is 40.0. The number of unbranched alkanes of at least 4 members (excludes halogenated alkanes) is 23. The van der Waals surface area contributed by atoms with Crippen molar-refractivity contribution in [2.24, 2.45) is 5.73 Å². The molecule has 0 heterocycles. The highest BCUT2D eigenvalue weighted by Crippen LogP contribution is 2.43. The summed E-state index contributed by atoms with van der Waals surface area (Å²) < 4.78 is 33.4. The number of allylic oxidation sites excluding steroid dienone is 6. The number of aliphatic carboxylic acids is 1. The van der Waals surface area contributed by atoms with Crippen molar-refractivity contribution in [3.05, 3.63) is 36.5 Å². The third kappa shape index (κ3) is 40.4. The molecule has 3 atom stereocenters. The first-order valence-corrected chi connectivity index (χ1v) is 24.0. The highest BCUT2D eigenvalue weighted by molar-refractivity contribution is 7.47. The lowest BCUT2D eigenvalue weighted by Crippen LogP contribution is -2.34. The maximum Gasteiger partial charge on any atom is 0.472 e. The van der Waals surface area contributed by atoms with Crippen LogP contribution in [0, 0.1) is 0 Å². The SMILES string of the molecule is CCCCCC/C=C\C/C=C\CCCCCCCCCCOCC(COP(=O)(O)OCC(N)C(=O)O)OC(=O)CCCCCCC/C=C\CCCCCCCC. The monoisotopic (exact) mass is 814 g/mol. The summed E-state index contributed by atoms with van der Waals surface area (Å²) in [5, 5.41) is 8.90. The highest BCUT2D eigenvalue weighted by Gasteiger charge is 2.27. The van der Waals surface area contributed by atoms with E-state index in [2.05, 4.69) is 50.3 Å². The summed E-state index contributed by atoms with van der Waals surface area (Å²) in [6, 6.07) is -1.47. The Labute approximate surface area is 342 Å². The number of carboxylic acid groups (broad SMARTS) is 1. The lowest BCUT2D eigenvalue weighted by Gasteiger charge is -2.20. The predicted molar refractivity (Wildman–Crippen MR) is 231 cm³/mol. The summed E-state index contributed by atoms with van der Waals surface area (Å²) in [6.45, 7) is 3.85. The Morgan fingerprint density at radius 2 is 0.982 bits per heavy atom. The molecule has 0 aromatic carbocycles. The van der Waals surface area contributed by atoms with Crippen molar-refractivity contribution < 1.29 is 42.7 Å². The number of phosphoric acid groups is 1. The average molecular weight is 814 g/mol. The van der Waals surface area contributed by atoms with Crippen LogP contribution in [0.1, 0.15) is 200 Å². The van der Waals surface area contributed by atoms with E-state index in [1.54, 1.807) is 0 Å². The smallest absolute Gasteiger partial charge is 0.472 e. The molecule has 0 aromatic heterocycles. The van der Waals surface area contributed by atoms with Crippen molar-refractivity contribution in [3.63, 3.8) is 0 Å². The quantitative estimate of drug-likeness (QED) is 0.0234. The van der Waals surface area contributed by atoms with E-state index in [4.69, 9.17) is 29.4 Å². The molecule has 0 fully saturated rings. The largest absolute Gasteiger partial charge is 0.480 e. The fraction of sp³-hybridized carbons (Fsp3) is 0.822. The minimum absolute atomic E-state index is 0.0105. The fourth-order valence-electron chi connectivity index (χ4n) is 6.10. The molecule has 0 rings (SSSR count). The molecule has 328 valence electrons. The van der Waals surface area contributed by atoms with E-state index in [1.807, 2.05) is 0 Å². The molecule has 56 heavy (non-hydrogen) atoms. The van der Waals surface area contributed by atoms with E-state index in [0.717, 1.165) is 64.2 Å². The van der Waals surface area contributed by atoms with E-state index < -0.39 is 45.1 Å². The van der Waals surface area contributed by atoms with Gasteiger partial charge in [0.2, 0.25) is 0 Å². The number of carbonyl (C=O) groups excluding carboxylic acids is 1. The van der Waals surface area contributed by atoms with Crippen LogP contribution in [0.15, 0.2) is 36.5 Å². The van der Waals surface area contributed by atoms with E-state index >= 15 is 0 Å². The number of hydrogen-bond acceptors (Lipinski definition) is 8. The van der Waals surface area contributed by atoms with Gasteiger partial charge in [0.25, 0.3) is 0 Å². The Morgan fingerprint density at radius 1 is 0.571 bits per heavy atom. The summed E-state index contributed by atoms with van der Waals surface area (Å²) in [5.74, 6) is -1.79. The van der Waals surface area contributed by atoms with Gasteiger partial charge in [-0.2, -0.15) is 0 Å². The minimum Gasteiger partial charge on any atom is -0.480 e. The van der Waals surface area contributed by atoms with Gasteiger partial charge in [-0.15, -0.1) is 0 Å². The van der Waals surface area contributed by atoms with Gasteiger partial charge in [-0.1, -0.05) is 159 Å². The van der Waals surface area contributed by atoms with Gasteiger partial charge in [-0.05, 0) is 70.6 Å². The third-order valence-corrected chi connectivity index (χ3v) is 10.6. The molecule has 0 radical (unpaired) electrons. The standard InChI is InChI=1S/C45H84NO9P/c1-3-5-7-9-11-13-15-17-19-20-21-22-24-26-28-30-32-34-36-38-52-39-42(40-53-56(50,51)54-41-43(46)45(48)49)55-44(47)37-35-33-31-29-27-25-23-18-16-14-12-10-8-6-4-2/h13,15,18-20,23,42-43H,3-12,14,16-17,21-22,24-41,46H2,1-2H3,(H,48,49)(H,50,51)/b15-13-,20-19-,23-18-. The molecule has 0 spiro atoms. The molecule has 0 aliphatic rings. The van der Waals surface area contributed by atoms with Crippen LogP contribution in [0.5, 0.6) is 0 Å².